The largest absolute Gasteiger partial charge is 0.393 e. The summed E-state index contributed by atoms with van der Waals surface area (Å²) >= 11 is 0. The second kappa shape index (κ2) is 2.49. The van der Waals surface area contributed by atoms with Crippen LogP contribution in [-0.4, -0.2) is 10.6 Å². The van der Waals surface area contributed by atoms with Crippen molar-refractivity contribution in [3.05, 3.63) is 33.8 Å². The first-order valence-corrected chi connectivity index (χ1v) is 3.33. The van der Waals surface area contributed by atoms with E-state index in [4.69, 9.17) is 11.5 Å². The molecule has 0 aromatic rings. The van der Waals surface area contributed by atoms with Gasteiger partial charge in [-0.2, -0.15) is 0 Å². The van der Waals surface area contributed by atoms with E-state index in [-0.39, 0.29) is 11.4 Å². The molecular weight excluding hydrogens is 160 g/mol. The van der Waals surface area contributed by atoms with Crippen LogP contribution in [0.4, 0.5) is 0 Å². The van der Waals surface area contributed by atoms with Crippen LogP contribution in [0, 0.1) is 10.1 Å². The Kier molecular flexibility index (Phi) is 1.77. The van der Waals surface area contributed by atoms with Crippen LogP contribution < -0.4 is 16.8 Å². The van der Waals surface area contributed by atoms with Gasteiger partial charge in [0.15, 0.2) is 5.66 Å². The summed E-state index contributed by atoms with van der Waals surface area (Å²) in [5, 5.41) is 13.1. The highest BCUT2D eigenvalue weighted by molar-refractivity contribution is 5.29. The van der Waals surface area contributed by atoms with Gasteiger partial charge >= 0.3 is 5.70 Å². The van der Waals surface area contributed by atoms with E-state index in [0.29, 0.717) is 0 Å². The molecule has 0 aliphatic carbocycles. The van der Waals surface area contributed by atoms with Crippen molar-refractivity contribution >= 4 is 0 Å². The zero-order chi connectivity index (χ0) is 9.35. The van der Waals surface area contributed by atoms with Crippen LogP contribution in [0.3, 0.4) is 0 Å². The van der Waals surface area contributed by atoms with Gasteiger partial charge in [0.25, 0.3) is 0 Å². The Morgan fingerprint density at radius 2 is 2.33 bits per heavy atom. The summed E-state index contributed by atoms with van der Waals surface area (Å²) in [6.07, 6.45) is 2.90. The molecule has 0 fully saturated rings. The quantitative estimate of drug-likeness (QED) is 0.353. The number of nitro groups is 1. The SMILES string of the molecule is CC1(N)NC=CC(N)=C1[N+](=O)[O-]. The topological polar surface area (TPSA) is 107 Å². The number of hydrogen-bond donors (Lipinski definition) is 3. The summed E-state index contributed by atoms with van der Waals surface area (Å²) < 4.78 is 0. The van der Waals surface area contributed by atoms with Gasteiger partial charge in [0.1, 0.15) is 5.70 Å². The minimum absolute atomic E-state index is 0.0868. The molecule has 0 bridgehead atoms. The van der Waals surface area contributed by atoms with Crippen molar-refractivity contribution in [2.45, 2.75) is 12.6 Å². The molecule has 0 saturated carbocycles. The Morgan fingerprint density at radius 3 is 2.67 bits per heavy atom. The van der Waals surface area contributed by atoms with Crippen LogP contribution in [0.25, 0.3) is 0 Å². The summed E-state index contributed by atoms with van der Waals surface area (Å²) in [5.74, 6) is 0. The maximum absolute atomic E-state index is 10.5. The zero-order valence-corrected chi connectivity index (χ0v) is 6.57. The number of nitrogens with two attached hydrogens (primary N) is 2. The molecule has 0 amide bonds. The molecule has 12 heavy (non-hydrogen) atoms. The van der Waals surface area contributed by atoms with Crippen molar-refractivity contribution in [1.29, 1.82) is 0 Å². The fourth-order valence-electron chi connectivity index (χ4n) is 1.05. The molecule has 1 aliphatic rings. The highest BCUT2D eigenvalue weighted by Crippen LogP contribution is 2.17. The summed E-state index contributed by atoms with van der Waals surface area (Å²) in [6, 6.07) is 0. The third-order valence-corrected chi connectivity index (χ3v) is 1.59. The summed E-state index contributed by atoms with van der Waals surface area (Å²) in [7, 11) is 0. The van der Waals surface area contributed by atoms with Crippen molar-refractivity contribution < 1.29 is 4.92 Å². The fourth-order valence-corrected chi connectivity index (χ4v) is 1.05. The third kappa shape index (κ3) is 1.24. The number of dihydropyridines is 1. The molecule has 1 unspecified atom stereocenters. The molecule has 0 aromatic heterocycles. The Morgan fingerprint density at radius 1 is 1.75 bits per heavy atom. The second-order valence-electron chi connectivity index (χ2n) is 2.74. The van der Waals surface area contributed by atoms with E-state index in [9.17, 15) is 10.1 Å². The number of allylic oxidation sites excluding steroid dienone is 1. The molecule has 0 radical (unpaired) electrons. The molecule has 1 aliphatic heterocycles. The van der Waals surface area contributed by atoms with E-state index in [1.165, 1.54) is 19.2 Å². The average molecular weight is 170 g/mol. The van der Waals surface area contributed by atoms with Crippen molar-refractivity contribution in [3.8, 4) is 0 Å². The van der Waals surface area contributed by atoms with Crippen molar-refractivity contribution in [1.82, 2.24) is 5.32 Å². The normalized spacial score (nSPS) is 28.5. The molecule has 6 heteroatoms. The van der Waals surface area contributed by atoms with Gasteiger partial charge in [0.2, 0.25) is 0 Å². The lowest BCUT2D eigenvalue weighted by Crippen LogP contribution is -2.54. The molecule has 6 nitrogen and oxygen atoms in total. The molecule has 0 saturated heterocycles. The molecular formula is C6H10N4O2. The van der Waals surface area contributed by atoms with Gasteiger partial charge in [-0.1, -0.05) is 0 Å². The van der Waals surface area contributed by atoms with E-state index in [1.54, 1.807) is 0 Å². The maximum atomic E-state index is 10.5. The highest BCUT2D eigenvalue weighted by atomic mass is 16.6. The highest BCUT2D eigenvalue weighted by Gasteiger charge is 2.37. The Balaban J connectivity index is 3.17. The van der Waals surface area contributed by atoms with Crippen LogP contribution in [0.2, 0.25) is 0 Å². The standard InChI is InChI=1S/C6H10N4O2/c1-6(8)5(10(11)12)4(7)2-3-9-6/h2-3,9H,7-8H2,1H3. The maximum Gasteiger partial charge on any atom is 0.308 e. The number of nitrogens with zero attached hydrogens (tertiary/aromatic N) is 1. The Bertz CT molecular complexity index is 279. The van der Waals surface area contributed by atoms with Crippen LogP contribution in [0.15, 0.2) is 23.7 Å². The van der Waals surface area contributed by atoms with Gasteiger partial charge < -0.3 is 11.1 Å². The Hall–Kier alpha value is -1.56. The minimum atomic E-state index is -1.19. The molecule has 5 N–H and O–H groups in total. The smallest absolute Gasteiger partial charge is 0.308 e. The van der Waals surface area contributed by atoms with Gasteiger partial charge in [-0.25, -0.2) is 0 Å². The molecule has 1 heterocycles. The van der Waals surface area contributed by atoms with E-state index in [2.05, 4.69) is 5.32 Å². The van der Waals surface area contributed by atoms with Gasteiger partial charge in [0.05, 0.1) is 4.92 Å². The van der Waals surface area contributed by atoms with Crippen LogP contribution in [0.1, 0.15) is 6.92 Å². The van der Waals surface area contributed by atoms with Crippen LogP contribution in [0.5, 0.6) is 0 Å². The van der Waals surface area contributed by atoms with E-state index in [1.807, 2.05) is 0 Å². The molecule has 66 valence electrons. The van der Waals surface area contributed by atoms with Crippen molar-refractivity contribution in [2.24, 2.45) is 11.5 Å². The molecule has 0 spiro atoms. The summed E-state index contributed by atoms with van der Waals surface area (Å²) in [6.45, 7) is 1.49. The van der Waals surface area contributed by atoms with Crippen molar-refractivity contribution in [3.63, 3.8) is 0 Å². The average Bonchev–Trinajstić information content (AvgIpc) is 1.82. The van der Waals surface area contributed by atoms with E-state index in [0.717, 1.165) is 0 Å². The van der Waals surface area contributed by atoms with Gasteiger partial charge in [-0.3, -0.25) is 15.8 Å². The van der Waals surface area contributed by atoms with E-state index < -0.39 is 10.6 Å². The number of hydrogen-bond acceptors (Lipinski definition) is 5. The number of rotatable bonds is 1. The molecule has 0 aromatic carbocycles. The lowest BCUT2D eigenvalue weighted by molar-refractivity contribution is -0.436. The predicted molar refractivity (Wildman–Crippen MR) is 43.1 cm³/mol. The summed E-state index contributed by atoms with van der Waals surface area (Å²) in [5.41, 5.74) is 9.65. The minimum Gasteiger partial charge on any atom is -0.393 e. The zero-order valence-electron chi connectivity index (χ0n) is 6.57. The fraction of sp³-hybridized carbons (Fsp3) is 0.333. The number of nitrogens with one attached hydrogen (secondary N) is 1. The third-order valence-electron chi connectivity index (χ3n) is 1.59. The lowest BCUT2D eigenvalue weighted by Gasteiger charge is -2.25. The van der Waals surface area contributed by atoms with Crippen LogP contribution in [-0.2, 0) is 0 Å². The Labute approximate surface area is 69.1 Å². The first-order chi connectivity index (χ1) is 5.45. The second-order valence-corrected chi connectivity index (χ2v) is 2.74. The monoisotopic (exact) mass is 170 g/mol. The molecule has 1 rings (SSSR count). The van der Waals surface area contributed by atoms with Crippen molar-refractivity contribution in [2.75, 3.05) is 0 Å². The summed E-state index contributed by atoms with van der Waals surface area (Å²) in [4.78, 5) is 9.92. The first-order valence-electron chi connectivity index (χ1n) is 3.33. The van der Waals surface area contributed by atoms with E-state index >= 15 is 0 Å². The first kappa shape index (κ1) is 8.54. The lowest BCUT2D eigenvalue weighted by atomic mass is 10.1. The van der Waals surface area contributed by atoms with Gasteiger partial charge in [-0.15, -0.1) is 0 Å². The van der Waals surface area contributed by atoms with Gasteiger partial charge in [-0.05, 0) is 13.0 Å². The predicted octanol–water partition coefficient (Wildman–Crippen LogP) is -0.775. The molecule has 1 atom stereocenters. The van der Waals surface area contributed by atoms with Crippen LogP contribution >= 0.6 is 0 Å². The van der Waals surface area contributed by atoms with Gasteiger partial charge in [0, 0.05) is 6.20 Å².